The van der Waals surface area contributed by atoms with Gasteiger partial charge in [-0.3, -0.25) is 4.98 Å². The number of halogens is 3. The predicted octanol–water partition coefficient (Wildman–Crippen LogP) is 4.49. The van der Waals surface area contributed by atoms with E-state index in [9.17, 15) is 13.2 Å². The SMILES string of the molecule is FC(F)(F)c1ccc(Nc2ccccc2-c2nnn(-c3ccncc3)n2)cc1. The molecule has 9 heteroatoms. The molecule has 2 heterocycles. The second kappa shape index (κ2) is 7.10. The molecule has 0 fully saturated rings. The summed E-state index contributed by atoms with van der Waals surface area (Å²) in [5, 5.41) is 15.6. The maximum Gasteiger partial charge on any atom is 0.416 e. The molecule has 0 unspecified atom stereocenters. The summed E-state index contributed by atoms with van der Waals surface area (Å²) >= 11 is 0. The Kier molecular flexibility index (Phi) is 4.48. The zero-order valence-electron chi connectivity index (χ0n) is 14.3. The summed E-state index contributed by atoms with van der Waals surface area (Å²) in [6.07, 6.45) is -1.12. The van der Waals surface area contributed by atoms with Crippen molar-refractivity contribution in [3.05, 3.63) is 78.6 Å². The highest BCUT2D eigenvalue weighted by Crippen LogP contribution is 2.32. The van der Waals surface area contributed by atoms with Gasteiger partial charge in [-0.05, 0) is 53.7 Å². The monoisotopic (exact) mass is 382 g/mol. The van der Waals surface area contributed by atoms with Crippen LogP contribution in [0, 0.1) is 0 Å². The molecule has 28 heavy (non-hydrogen) atoms. The van der Waals surface area contributed by atoms with E-state index in [1.807, 2.05) is 12.1 Å². The van der Waals surface area contributed by atoms with Crippen molar-refractivity contribution in [2.45, 2.75) is 6.18 Å². The van der Waals surface area contributed by atoms with Gasteiger partial charge in [-0.15, -0.1) is 15.0 Å². The Morgan fingerprint density at radius 1 is 0.857 bits per heavy atom. The van der Waals surface area contributed by atoms with Crippen molar-refractivity contribution in [3.8, 4) is 17.1 Å². The van der Waals surface area contributed by atoms with E-state index in [0.717, 1.165) is 12.1 Å². The zero-order valence-corrected chi connectivity index (χ0v) is 14.3. The lowest BCUT2D eigenvalue weighted by atomic mass is 10.1. The number of nitrogens with one attached hydrogen (secondary N) is 1. The van der Waals surface area contributed by atoms with E-state index in [2.05, 4.69) is 25.7 Å². The van der Waals surface area contributed by atoms with Crippen LogP contribution in [0.25, 0.3) is 17.1 Å². The molecule has 2 aromatic heterocycles. The fourth-order valence-electron chi connectivity index (χ4n) is 2.59. The number of nitrogens with zero attached hydrogens (tertiary/aromatic N) is 5. The number of hydrogen-bond acceptors (Lipinski definition) is 5. The molecule has 0 bridgehead atoms. The summed E-state index contributed by atoms with van der Waals surface area (Å²) < 4.78 is 38.2. The van der Waals surface area contributed by atoms with Crippen molar-refractivity contribution in [2.24, 2.45) is 0 Å². The van der Waals surface area contributed by atoms with Crippen molar-refractivity contribution in [1.82, 2.24) is 25.2 Å². The molecular weight excluding hydrogens is 369 g/mol. The molecule has 0 aliphatic rings. The van der Waals surface area contributed by atoms with Crippen LogP contribution in [0.5, 0.6) is 0 Å². The van der Waals surface area contributed by atoms with Gasteiger partial charge in [0.2, 0.25) is 5.82 Å². The third kappa shape index (κ3) is 3.68. The molecule has 0 saturated carbocycles. The maximum atomic E-state index is 12.7. The first-order chi connectivity index (χ1) is 13.5. The molecule has 1 N–H and O–H groups in total. The minimum atomic E-state index is -4.37. The van der Waals surface area contributed by atoms with Crippen molar-refractivity contribution in [1.29, 1.82) is 0 Å². The van der Waals surface area contributed by atoms with Crippen molar-refractivity contribution in [3.63, 3.8) is 0 Å². The van der Waals surface area contributed by atoms with Gasteiger partial charge in [0.05, 0.1) is 11.3 Å². The largest absolute Gasteiger partial charge is 0.416 e. The lowest BCUT2D eigenvalue weighted by Crippen LogP contribution is -2.04. The predicted molar refractivity (Wildman–Crippen MR) is 97.1 cm³/mol. The highest BCUT2D eigenvalue weighted by atomic mass is 19.4. The third-order valence-electron chi connectivity index (χ3n) is 3.97. The fourth-order valence-corrected chi connectivity index (χ4v) is 2.59. The number of anilines is 2. The number of tetrazole rings is 1. The van der Waals surface area contributed by atoms with E-state index in [1.54, 1.807) is 36.7 Å². The number of alkyl halides is 3. The van der Waals surface area contributed by atoms with E-state index in [1.165, 1.54) is 16.9 Å². The molecule has 4 aromatic rings. The molecule has 140 valence electrons. The number of para-hydroxylation sites is 1. The van der Waals surface area contributed by atoms with Gasteiger partial charge in [0, 0.05) is 29.3 Å². The molecule has 0 saturated heterocycles. The van der Waals surface area contributed by atoms with Crippen molar-refractivity contribution < 1.29 is 13.2 Å². The number of aromatic nitrogens is 5. The lowest BCUT2D eigenvalue weighted by molar-refractivity contribution is -0.137. The Bertz CT molecular complexity index is 1070. The van der Waals surface area contributed by atoms with Gasteiger partial charge in [-0.1, -0.05) is 12.1 Å². The normalized spacial score (nSPS) is 11.4. The maximum absolute atomic E-state index is 12.7. The van der Waals surface area contributed by atoms with Crippen LogP contribution < -0.4 is 5.32 Å². The highest BCUT2D eigenvalue weighted by molar-refractivity contribution is 5.77. The quantitative estimate of drug-likeness (QED) is 0.563. The topological polar surface area (TPSA) is 68.5 Å². The van der Waals surface area contributed by atoms with Gasteiger partial charge >= 0.3 is 6.18 Å². The van der Waals surface area contributed by atoms with E-state index in [0.29, 0.717) is 28.5 Å². The zero-order chi connectivity index (χ0) is 19.6. The summed E-state index contributed by atoms with van der Waals surface area (Å²) in [6.45, 7) is 0. The molecule has 6 nitrogen and oxygen atoms in total. The first kappa shape index (κ1) is 17.7. The van der Waals surface area contributed by atoms with Crippen LogP contribution in [0.1, 0.15) is 5.56 Å². The molecular formula is C19H13F3N6. The Morgan fingerprint density at radius 3 is 2.29 bits per heavy atom. The van der Waals surface area contributed by atoms with Crippen LogP contribution in [0.4, 0.5) is 24.5 Å². The first-order valence-corrected chi connectivity index (χ1v) is 8.25. The number of rotatable bonds is 4. The smallest absolute Gasteiger partial charge is 0.355 e. The molecule has 0 aliphatic carbocycles. The fraction of sp³-hybridized carbons (Fsp3) is 0.0526. The average Bonchev–Trinajstić information content (AvgIpc) is 3.19. The Balaban J connectivity index is 1.62. The average molecular weight is 382 g/mol. The standard InChI is InChI=1S/C19H13F3N6/c20-19(21,22)13-5-7-14(8-6-13)24-17-4-2-1-3-16(17)18-25-27-28(26-18)15-9-11-23-12-10-15/h1-12,24H. The van der Waals surface area contributed by atoms with E-state index in [4.69, 9.17) is 0 Å². The summed E-state index contributed by atoms with van der Waals surface area (Å²) in [5.41, 5.74) is 1.84. The van der Waals surface area contributed by atoms with Crippen LogP contribution >= 0.6 is 0 Å². The lowest BCUT2D eigenvalue weighted by Gasteiger charge is -2.11. The molecule has 4 rings (SSSR count). The van der Waals surface area contributed by atoms with Gasteiger partial charge in [-0.2, -0.15) is 13.2 Å². The van der Waals surface area contributed by atoms with Crippen LogP contribution in [0.15, 0.2) is 73.1 Å². The molecule has 0 aliphatic heterocycles. The Hall–Kier alpha value is -3.75. The molecule has 2 aromatic carbocycles. The van der Waals surface area contributed by atoms with Gasteiger partial charge in [0.1, 0.15) is 0 Å². The van der Waals surface area contributed by atoms with Crippen LogP contribution in [-0.2, 0) is 6.18 Å². The molecule has 0 amide bonds. The van der Waals surface area contributed by atoms with Crippen LogP contribution in [0.3, 0.4) is 0 Å². The van der Waals surface area contributed by atoms with Gasteiger partial charge in [0.25, 0.3) is 0 Å². The summed E-state index contributed by atoms with van der Waals surface area (Å²) in [7, 11) is 0. The number of hydrogen-bond donors (Lipinski definition) is 1. The summed E-state index contributed by atoms with van der Waals surface area (Å²) in [6, 6.07) is 15.5. The second-order valence-corrected chi connectivity index (χ2v) is 5.85. The van der Waals surface area contributed by atoms with Crippen molar-refractivity contribution in [2.75, 3.05) is 5.32 Å². The van der Waals surface area contributed by atoms with Crippen LogP contribution in [0.2, 0.25) is 0 Å². The minimum Gasteiger partial charge on any atom is -0.355 e. The molecule has 0 atom stereocenters. The van der Waals surface area contributed by atoms with Gasteiger partial charge in [0.15, 0.2) is 0 Å². The van der Waals surface area contributed by atoms with Crippen molar-refractivity contribution >= 4 is 11.4 Å². The molecule has 0 spiro atoms. The third-order valence-corrected chi connectivity index (χ3v) is 3.97. The number of benzene rings is 2. The van der Waals surface area contributed by atoms with Crippen LogP contribution in [-0.4, -0.2) is 25.2 Å². The Labute approximate surface area is 157 Å². The summed E-state index contributed by atoms with van der Waals surface area (Å²) in [5.74, 6) is 0.381. The highest BCUT2D eigenvalue weighted by Gasteiger charge is 2.29. The van der Waals surface area contributed by atoms with Gasteiger partial charge in [-0.25, -0.2) is 0 Å². The van der Waals surface area contributed by atoms with E-state index in [-0.39, 0.29) is 0 Å². The minimum absolute atomic E-state index is 0.381. The number of pyridine rings is 1. The van der Waals surface area contributed by atoms with E-state index < -0.39 is 11.7 Å². The van der Waals surface area contributed by atoms with Gasteiger partial charge < -0.3 is 5.32 Å². The van der Waals surface area contributed by atoms with E-state index >= 15 is 0 Å². The first-order valence-electron chi connectivity index (χ1n) is 8.25. The Morgan fingerprint density at radius 2 is 1.57 bits per heavy atom. The second-order valence-electron chi connectivity index (χ2n) is 5.85. The molecule has 0 radical (unpaired) electrons. The summed E-state index contributed by atoms with van der Waals surface area (Å²) in [4.78, 5) is 5.33.